The SMILES string of the molecule is Cc1ccc2nc(CSCC(=O)N3CCNCC3C)cn2c1. The summed E-state index contributed by atoms with van der Waals surface area (Å²) in [5.41, 5.74) is 3.20. The predicted molar refractivity (Wildman–Crippen MR) is 90.1 cm³/mol. The van der Waals surface area contributed by atoms with Gasteiger partial charge in [-0.05, 0) is 25.5 Å². The molecule has 0 bridgehead atoms. The first-order valence-corrected chi connectivity index (χ1v) is 8.81. The molecule has 1 fully saturated rings. The van der Waals surface area contributed by atoms with E-state index >= 15 is 0 Å². The summed E-state index contributed by atoms with van der Waals surface area (Å²) in [5.74, 6) is 1.53. The zero-order chi connectivity index (χ0) is 15.5. The first-order chi connectivity index (χ1) is 10.6. The summed E-state index contributed by atoms with van der Waals surface area (Å²) in [6.45, 7) is 6.77. The molecule has 22 heavy (non-hydrogen) atoms. The van der Waals surface area contributed by atoms with E-state index in [1.165, 1.54) is 5.56 Å². The molecule has 0 radical (unpaired) electrons. The van der Waals surface area contributed by atoms with E-state index in [-0.39, 0.29) is 5.91 Å². The average Bonchev–Trinajstić information content (AvgIpc) is 2.89. The number of amides is 1. The lowest BCUT2D eigenvalue weighted by Crippen LogP contribution is -2.52. The Morgan fingerprint density at radius 3 is 3.14 bits per heavy atom. The number of aryl methyl sites for hydroxylation is 1. The van der Waals surface area contributed by atoms with Crippen molar-refractivity contribution in [3.05, 3.63) is 35.8 Å². The molecule has 118 valence electrons. The van der Waals surface area contributed by atoms with Crippen LogP contribution in [0.2, 0.25) is 0 Å². The number of hydrogen-bond donors (Lipinski definition) is 1. The van der Waals surface area contributed by atoms with Gasteiger partial charge in [0.15, 0.2) is 0 Å². The number of piperazine rings is 1. The van der Waals surface area contributed by atoms with Gasteiger partial charge in [-0.15, -0.1) is 11.8 Å². The minimum absolute atomic E-state index is 0.235. The Kier molecular flexibility index (Phi) is 4.69. The van der Waals surface area contributed by atoms with Gasteiger partial charge in [0.25, 0.3) is 0 Å². The number of carbonyl (C=O) groups is 1. The normalized spacial score (nSPS) is 18.8. The monoisotopic (exact) mass is 318 g/mol. The largest absolute Gasteiger partial charge is 0.337 e. The number of hydrogen-bond acceptors (Lipinski definition) is 4. The van der Waals surface area contributed by atoms with Crippen molar-refractivity contribution in [1.82, 2.24) is 19.6 Å². The van der Waals surface area contributed by atoms with Gasteiger partial charge in [0, 0.05) is 43.8 Å². The molecule has 0 aromatic carbocycles. The van der Waals surface area contributed by atoms with Crippen LogP contribution in [0.15, 0.2) is 24.5 Å². The van der Waals surface area contributed by atoms with Crippen LogP contribution in [-0.4, -0.2) is 51.6 Å². The zero-order valence-corrected chi connectivity index (χ0v) is 13.9. The highest BCUT2D eigenvalue weighted by molar-refractivity contribution is 7.99. The molecule has 3 heterocycles. The summed E-state index contributed by atoms with van der Waals surface area (Å²) < 4.78 is 2.05. The van der Waals surface area contributed by atoms with E-state index in [2.05, 4.69) is 36.4 Å². The Balaban J connectivity index is 1.54. The Morgan fingerprint density at radius 2 is 2.32 bits per heavy atom. The summed E-state index contributed by atoms with van der Waals surface area (Å²) in [7, 11) is 0. The van der Waals surface area contributed by atoms with Crippen LogP contribution in [0, 0.1) is 6.92 Å². The molecule has 3 rings (SSSR count). The minimum atomic E-state index is 0.235. The third kappa shape index (κ3) is 3.44. The predicted octanol–water partition coefficient (Wildman–Crippen LogP) is 1.70. The van der Waals surface area contributed by atoms with Gasteiger partial charge in [0.1, 0.15) is 5.65 Å². The number of imidazole rings is 1. The van der Waals surface area contributed by atoms with Gasteiger partial charge in [-0.3, -0.25) is 4.79 Å². The standard InChI is InChI=1S/C16H22N4OS/c1-12-3-4-15-18-14(9-19(15)8-12)10-22-11-16(21)20-6-5-17-7-13(20)2/h3-4,8-9,13,17H,5-7,10-11H2,1-2H3. The zero-order valence-electron chi connectivity index (χ0n) is 13.1. The lowest BCUT2D eigenvalue weighted by Gasteiger charge is -2.33. The summed E-state index contributed by atoms with van der Waals surface area (Å²) in [6.07, 6.45) is 4.12. The first kappa shape index (κ1) is 15.4. The molecular weight excluding hydrogens is 296 g/mol. The number of thioether (sulfide) groups is 1. The maximum atomic E-state index is 12.3. The van der Waals surface area contributed by atoms with Crippen molar-refractivity contribution in [1.29, 1.82) is 0 Å². The third-order valence-corrected chi connectivity index (χ3v) is 4.90. The highest BCUT2D eigenvalue weighted by Crippen LogP contribution is 2.15. The quantitative estimate of drug-likeness (QED) is 0.932. The number of nitrogens with zero attached hydrogens (tertiary/aromatic N) is 3. The number of carbonyl (C=O) groups excluding carboxylic acids is 1. The summed E-state index contributed by atoms with van der Waals surface area (Å²) in [4.78, 5) is 18.8. The second-order valence-corrected chi connectivity index (χ2v) is 6.82. The molecule has 0 spiro atoms. The van der Waals surface area contributed by atoms with Crippen LogP contribution in [-0.2, 0) is 10.5 Å². The molecule has 0 saturated carbocycles. The van der Waals surface area contributed by atoms with Crippen molar-refractivity contribution in [3.63, 3.8) is 0 Å². The van der Waals surface area contributed by atoms with E-state index < -0.39 is 0 Å². The highest BCUT2D eigenvalue weighted by Gasteiger charge is 2.22. The smallest absolute Gasteiger partial charge is 0.232 e. The fourth-order valence-corrected chi connectivity index (χ4v) is 3.55. The fraction of sp³-hybridized carbons (Fsp3) is 0.500. The van der Waals surface area contributed by atoms with E-state index in [4.69, 9.17) is 0 Å². The Morgan fingerprint density at radius 1 is 1.45 bits per heavy atom. The van der Waals surface area contributed by atoms with Crippen LogP contribution < -0.4 is 5.32 Å². The molecule has 1 N–H and O–H groups in total. The van der Waals surface area contributed by atoms with Crippen molar-refractivity contribution in [3.8, 4) is 0 Å². The summed E-state index contributed by atoms with van der Waals surface area (Å²) >= 11 is 1.64. The molecule has 1 atom stereocenters. The number of fused-ring (bicyclic) bond motifs is 1. The second kappa shape index (κ2) is 6.71. The highest BCUT2D eigenvalue weighted by atomic mass is 32.2. The van der Waals surface area contributed by atoms with E-state index in [0.29, 0.717) is 11.8 Å². The van der Waals surface area contributed by atoms with E-state index in [1.54, 1.807) is 11.8 Å². The van der Waals surface area contributed by atoms with Crippen LogP contribution in [0.5, 0.6) is 0 Å². The maximum absolute atomic E-state index is 12.3. The van der Waals surface area contributed by atoms with Gasteiger partial charge in [-0.2, -0.15) is 0 Å². The van der Waals surface area contributed by atoms with Crippen LogP contribution >= 0.6 is 11.8 Å². The van der Waals surface area contributed by atoms with Gasteiger partial charge in [0.2, 0.25) is 5.91 Å². The van der Waals surface area contributed by atoms with Crippen molar-refractivity contribution >= 4 is 23.3 Å². The molecule has 2 aromatic rings. The molecule has 1 aliphatic rings. The van der Waals surface area contributed by atoms with Crippen LogP contribution in [0.25, 0.3) is 5.65 Å². The van der Waals surface area contributed by atoms with Crippen LogP contribution in [0.4, 0.5) is 0 Å². The topological polar surface area (TPSA) is 49.6 Å². The lowest BCUT2D eigenvalue weighted by molar-refractivity contribution is -0.131. The number of aromatic nitrogens is 2. The Bertz CT molecular complexity index is 669. The molecule has 1 saturated heterocycles. The average molecular weight is 318 g/mol. The first-order valence-electron chi connectivity index (χ1n) is 7.65. The number of nitrogens with one attached hydrogen (secondary N) is 1. The molecule has 6 heteroatoms. The van der Waals surface area contributed by atoms with Crippen molar-refractivity contribution < 1.29 is 4.79 Å². The number of rotatable bonds is 4. The van der Waals surface area contributed by atoms with Gasteiger partial charge in [-0.1, -0.05) is 6.07 Å². The van der Waals surface area contributed by atoms with Crippen molar-refractivity contribution in [2.45, 2.75) is 25.6 Å². The molecular formula is C16H22N4OS. The fourth-order valence-electron chi connectivity index (χ4n) is 2.76. The lowest BCUT2D eigenvalue weighted by atomic mass is 10.2. The minimum Gasteiger partial charge on any atom is -0.337 e. The Labute approximate surface area is 135 Å². The van der Waals surface area contributed by atoms with E-state index in [9.17, 15) is 4.79 Å². The van der Waals surface area contributed by atoms with Gasteiger partial charge in [-0.25, -0.2) is 4.98 Å². The van der Waals surface area contributed by atoms with Gasteiger partial charge < -0.3 is 14.6 Å². The molecule has 1 amide bonds. The van der Waals surface area contributed by atoms with Gasteiger partial charge in [0.05, 0.1) is 11.4 Å². The van der Waals surface area contributed by atoms with Crippen LogP contribution in [0.1, 0.15) is 18.2 Å². The van der Waals surface area contributed by atoms with Crippen molar-refractivity contribution in [2.75, 3.05) is 25.4 Å². The third-order valence-electron chi connectivity index (χ3n) is 3.95. The molecule has 1 unspecified atom stereocenters. The summed E-state index contributed by atoms with van der Waals surface area (Å²) in [6, 6.07) is 4.38. The molecule has 0 aliphatic carbocycles. The molecule has 2 aromatic heterocycles. The van der Waals surface area contributed by atoms with Crippen LogP contribution in [0.3, 0.4) is 0 Å². The molecule has 1 aliphatic heterocycles. The Hall–Kier alpha value is -1.53. The van der Waals surface area contributed by atoms with E-state index in [0.717, 1.165) is 36.7 Å². The molecule has 5 nitrogen and oxygen atoms in total. The summed E-state index contributed by atoms with van der Waals surface area (Å²) in [5, 5.41) is 3.31. The van der Waals surface area contributed by atoms with E-state index in [1.807, 2.05) is 21.6 Å². The number of pyridine rings is 1. The second-order valence-electron chi connectivity index (χ2n) is 5.84. The van der Waals surface area contributed by atoms with Crippen molar-refractivity contribution in [2.24, 2.45) is 0 Å². The van der Waals surface area contributed by atoms with Gasteiger partial charge >= 0.3 is 0 Å². The maximum Gasteiger partial charge on any atom is 0.232 e.